The van der Waals surface area contributed by atoms with Crippen LogP contribution in [0.1, 0.15) is 16.7 Å². The fourth-order valence-corrected chi connectivity index (χ4v) is 17.9. The molecule has 0 fully saturated rings. The summed E-state index contributed by atoms with van der Waals surface area (Å²) in [5.74, 6) is 0. The van der Waals surface area contributed by atoms with Crippen molar-refractivity contribution in [3.8, 4) is 6.07 Å². The molecule has 0 radical (unpaired) electrons. The maximum atomic E-state index is 13.4. The van der Waals surface area contributed by atoms with Crippen LogP contribution < -0.4 is 0 Å². The van der Waals surface area contributed by atoms with Crippen LogP contribution in [0.3, 0.4) is 0 Å². The van der Waals surface area contributed by atoms with Crippen molar-refractivity contribution >= 4 is 60.7 Å². The van der Waals surface area contributed by atoms with Gasteiger partial charge in [0, 0.05) is 0 Å². The topological polar surface area (TPSA) is 111 Å². The van der Waals surface area contributed by atoms with Gasteiger partial charge in [0.25, 0.3) is 0 Å². The van der Waals surface area contributed by atoms with Gasteiger partial charge in [-0.25, -0.2) is 0 Å². The fourth-order valence-electron chi connectivity index (χ4n) is 4.04. The molecule has 0 bridgehead atoms. The standard InChI is InChI=1S/C34H29I2NO6S2/c1-26-8-20-33(21-9-26)44(38,39)42-35(29-6-4-3-5-7-29)31-16-18-32(19-17-31)36(30-14-12-28(13-15-30)24-25-37)43-45(40,41)34-22-10-27(2)11-23-34/h3-23H,24H2,1-2H3. The minimum absolute atomic E-state index is 0.0698. The Morgan fingerprint density at radius 3 is 1.27 bits per heavy atom. The van der Waals surface area contributed by atoms with Crippen molar-refractivity contribution in [3.63, 3.8) is 0 Å². The Hall–Kier alpha value is -3.13. The van der Waals surface area contributed by atoms with E-state index in [2.05, 4.69) is 6.07 Å². The number of hydrogen-bond acceptors (Lipinski definition) is 7. The average molecular weight is 866 g/mol. The maximum absolute atomic E-state index is 13.4. The summed E-state index contributed by atoms with van der Waals surface area (Å²) in [5.41, 5.74) is 2.68. The molecule has 0 amide bonds. The van der Waals surface area contributed by atoms with E-state index in [1.165, 1.54) is 24.3 Å². The molecule has 0 aromatic heterocycles. The number of benzene rings is 5. The van der Waals surface area contributed by atoms with Gasteiger partial charge < -0.3 is 0 Å². The Labute approximate surface area is 280 Å². The number of nitriles is 1. The molecule has 0 unspecified atom stereocenters. The number of aryl methyl sites for hydroxylation is 2. The first-order chi connectivity index (χ1) is 21.6. The summed E-state index contributed by atoms with van der Waals surface area (Å²) in [6, 6.07) is 38.9. The molecule has 0 atom stereocenters. The number of halogens is 2. The first-order valence-electron chi connectivity index (χ1n) is 13.6. The van der Waals surface area contributed by atoms with Crippen molar-refractivity contribution in [3.05, 3.63) is 158 Å². The summed E-state index contributed by atoms with van der Waals surface area (Å²) in [4.78, 5) is 0.159. The van der Waals surface area contributed by atoms with E-state index >= 15 is 0 Å². The zero-order valence-corrected chi connectivity index (χ0v) is 30.2. The van der Waals surface area contributed by atoms with E-state index in [1.54, 1.807) is 24.3 Å². The molecule has 5 aromatic carbocycles. The zero-order chi connectivity index (χ0) is 32.0. The van der Waals surface area contributed by atoms with Crippen LogP contribution in [-0.4, -0.2) is 16.8 Å². The van der Waals surface area contributed by atoms with Crippen LogP contribution in [0.2, 0.25) is 0 Å². The van der Waals surface area contributed by atoms with Crippen LogP contribution in [0.25, 0.3) is 0 Å². The van der Waals surface area contributed by atoms with Crippen LogP contribution in [0, 0.1) is 39.5 Å². The van der Waals surface area contributed by atoms with Gasteiger partial charge in [-0.2, -0.15) is 0 Å². The Balaban J connectivity index is 1.52. The van der Waals surface area contributed by atoms with Crippen molar-refractivity contribution in [1.29, 1.82) is 5.26 Å². The fraction of sp³-hybridized carbons (Fsp3) is 0.0882. The van der Waals surface area contributed by atoms with E-state index in [0.717, 1.165) is 27.4 Å². The van der Waals surface area contributed by atoms with Gasteiger partial charge in [0.05, 0.1) is 0 Å². The second-order valence-corrected chi connectivity index (χ2v) is 22.8. The number of nitrogens with zero attached hydrogens (tertiary/aromatic N) is 1. The molecule has 0 saturated heterocycles. The van der Waals surface area contributed by atoms with Crippen molar-refractivity contribution in [2.45, 2.75) is 30.1 Å². The number of rotatable bonds is 11. The average Bonchev–Trinajstić information content (AvgIpc) is 3.04. The molecular formula is C34H29I2NO6S2. The van der Waals surface area contributed by atoms with E-state index in [4.69, 9.17) is 10.3 Å². The van der Waals surface area contributed by atoms with E-state index in [0.29, 0.717) is 3.57 Å². The summed E-state index contributed by atoms with van der Waals surface area (Å²) in [6.45, 7) is 3.76. The third-order valence-electron chi connectivity index (χ3n) is 6.44. The van der Waals surface area contributed by atoms with Crippen LogP contribution in [0.5, 0.6) is 0 Å². The first-order valence-corrected chi connectivity index (χ1v) is 22.5. The molecule has 232 valence electrons. The molecule has 45 heavy (non-hydrogen) atoms. The number of hydrogen-bond donors (Lipinski definition) is 0. The Bertz CT molecular complexity index is 2010. The molecule has 0 aliphatic rings. The van der Waals surface area contributed by atoms with Crippen LogP contribution in [-0.2, 0) is 31.7 Å². The predicted octanol–water partition coefficient (Wildman–Crippen LogP) is 8.10. The summed E-state index contributed by atoms with van der Waals surface area (Å²) < 4.78 is 68.6. The van der Waals surface area contributed by atoms with Crippen molar-refractivity contribution in [2.24, 2.45) is 0 Å². The third-order valence-corrected chi connectivity index (χ3v) is 21.1. The normalized spacial score (nSPS) is 12.3. The molecule has 0 aliphatic carbocycles. The van der Waals surface area contributed by atoms with Crippen LogP contribution >= 0.6 is 40.5 Å². The van der Waals surface area contributed by atoms with Crippen molar-refractivity contribution < 1.29 is 21.9 Å². The molecule has 0 saturated carbocycles. The molecule has 0 N–H and O–H groups in total. The van der Waals surface area contributed by atoms with Gasteiger partial charge in [0.2, 0.25) is 0 Å². The Morgan fingerprint density at radius 2 is 0.889 bits per heavy atom. The minimum atomic E-state index is -4.10. The van der Waals surface area contributed by atoms with Gasteiger partial charge in [-0.05, 0) is 0 Å². The van der Waals surface area contributed by atoms with E-state index in [9.17, 15) is 16.8 Å². The third kappa shape index (κ3) is 8.37. The van der Waals surface area contributed by atoms with Gasteiger partial charge in [-0.15, -0.1) is 0 Å². The molecule has 5 aromatic rings. The molecular weight excluding hydrogens is 836 g/mol. The summed E-state index contributed by atoms with van der Waals surface area (Å²) >= 11 is -6.05. The Morgan fingerprint density at radius 1 is 0.533 bits per heavy atom. The van der Waals surface area contributed by atoms with Crippen molar-refractivity contribution in [2.75, 3.05) is 0 Å². The van der Waals surface area contributed by atoms with Gasteiger partial charge in [0.1, 0.15) is 0 Å². The summed E-state index contributed by atoms with van der Waals surface area (Å²) in [6.07, 6.45) is 0.239. The van der Waals surface area contributed by atoms with Crippen LogP contribution in [0.4, 0.5) is 0 Å². The SMILES string of the molecule is Cc1ccc(S(=O)(=O)OI(c2ccccc2)c2ccc(I(OS(=O)(=O)c3ccc(C)cc3)c3ccc(CC#N)cc3)cc2)cc1. The Kier molecular flexibility index (Phi) is 10.7. The quantitative estimate of drug-likeness (QED) is 0.124. The van der Waals surface area contributed by atoms with E-state index < -0.39 is 60.7 Å². The van der Waals surface area contributed by atoms with E-state index in [1.807, 2.05) is 92.7 Å². The van der Waals surface area contributed by atoms with Gasteiger partial charge >= 0.3 is 282 Å². The predicted molar refractivity (Wildman–Crippen MR) is 190 cm³/mol. The molecule has 7 nitrogen and oxygen atoms in total. The van der Waals surface area contributed by atoms with E-state index in [-0.39, 0.29) is 16.2 Å². The first kappa shape index (κ1) is 33.2. The zero-order valence-electron chi connectivity index (χ0n) is 24.3. The second-order valence-electron chi connectivity index (χ2n) is 9.85. The molecule has 0 aliphatic heterocycles. The monoisotopic (exact) mass is 865 g/mol. The van der Waals surface area contributed by atoms with Crippen molar-refractivity contribution in [1.82, 2.24) is 0 Å². The second kappa shape index (κ2) is 14.5. The summed E-state index contributed by atoms with van der Waals surface area (Å²) in [5, 5.41) is 9.09. The van der Waals surface area contributed by atoms with Crippen LogP contribution in [0.15, 0.2) is 137 Å². The molecule has 11 heteroatoms. The van der Waals surface area contributed by atoms with Gasteiger partial charge in [-0.3, -0.25) is 0 Å². The molecule has 0 heterocycles. The molecule has 5 rings (SSSR count). The molecule has 0 spiro atoms. The van der Waals surface area contributed by atoms with Gasteiger partial charge in [-0.1, -0.05) is 0 Å². The summed E-state index contributed by atoms with van der Waals surface area (Å²) in [7, 11) is -8.15. The van der Waals surface area contributed by atoms with Gasteiger partial charge in [0.15, 0.2) is 0 Å².